The Morgan fingerprint density at radius 3 is 2.58 bits per heavy atom. The number of fused-ring (bicyclic) bond motifs is 1. The van der Waals surface area contributed by atoms with Crippen molar-refractivity contribution in [1.29, 1.82) is 0 Å². The summed E-state index contributed by atoms with van der Waals surface area (Å²) in [6.45, 7) is 13.5. The summed E-state index contributed by atoms with van der Waals surface area (Å²) in [7, 11) is 0. The largest absolute Gasteiger partial charge is 0.465 e. The minimum atomic E-state index is -1.23. The molecule has 4 rings (SSSR count). The highest BCUT2D eigenvalue weighted by Crippen LogP contribution is 2.61. The third kappa shape index (κ3) is 5.40. The van der Waals surface area contributed by atoms with Crippen molar-refractivity contribution >= 4 is 33.7 Å². The van der Waals surface area contributed by atoms with Gasteiger partial charge < -0.3 is 24.4 Å². The first-order valence-corrected chi connectivity index (χ1v) is 14.9. The van der Waals surface area contributed by atoms with E-state index in [0.717, 1.165) is 5.56 Å². The zero-order valence-electron chi connectivity index (χ0n) is 23.6. The molecule has 3 aliphatic rings. The molecule has 3 saturated heterocycles. The van der Waals surface area contributed by atoms with Gasteiger partial charge in [-0.05, 0) is 52.0 Å². The van der Waals surface area contributed by atoms with Crippen LogP contribution in [-0.4, -0.2) is 86.6 Å². The van der Waals surface area contributed by atoms with E-state index in [4.69, 9.17) is 9.47 Å². The van der Waals surface area contributed by atoms with E-state index in [2.05, 4.69) is 29.1 Å². The molecule has 2 amide bonds. The first kappa shape index (κ1) is 30.5. The molecule has 40 heavy (non-hydrogen) atoms. The van der Waals surface area contributed by atoms with Crippen LogP contribution in [0.5, 0.6) is 0 Å². The molecule has 8 nitrogen and oxygen atoms in total. The monoisotopic (exact) mass is 616 g/mol. The fourth-order valence-corrected chi connectivity index (χ4v) is 7.56. The second-order valence-corrected chi connectivity index (χ2v) is 13.1. The molecule has 3 unspecified atom stereocenters. The van der Waals surface area contributed by atoms with Gasteiger partial charge in [0, 0.05) is 16.9 Å². The van der Waals surface area contributed by atoms with Gasteiger partial charge in [-0.25, -0.2) is 0 Å². The van der Waals surface area contributed by atoms with Crippen molar-refractivity contribution < 1.29 is 29.0 Å². The lowest BCUT2D eigenvalue weighted by atomic mass is 9.70. The molecule has 1 spiro atoms. The van der Waals surface area contributed by atoms with Crippen molar-refractivity contribution in [2.24, 2.45) is 11.8 Å². The number of ether oxygens (including phenoxy) is 2. The Bertz CT molecular complexity index is 1120. The molecule has 3 fully saturated rings. The number of halogens is 1. The Morgan fingerprint density at radius 1 is 1.27 bits per heavy atom. The van der Waals surface area contributed by atoms with Crippen LogP contribution in [0.3, 0.4) is 0 Å². The molecule has 3 aliphatic heterocycles. The van der Waals surface area contributed by atoms with Gasteiger partial charge in [0.15, 0.2) is 0 Å². The van der Waals surface area contributed by atoms with Crippen molar-refractivity contribution in [2.75, 3.05) is 19.8 Å². The fraction of sp³-hybridized carbons (Fsp3) is 0.581. The molecular formula is C31H41BrN2O6. The van der Waals surface area contributed by atoms with E-state index >= 15 is 0 Å². The molecule has 0 aromatic heterocycles. The van der Waals surface area contributed by atoms with E-state index < -0.39 is 47.1 Å². The summed E-state index contributed by atoms with van der Waals surface area (Å²) in [5.74, 6) is -2.87. The lowest BCUT2D eigenvalue weighted by molar-refractivity contribution is -0.157. The summed E-state index contributed by atoms with van der Waals surface area (Å²) in [6.07, 6.45) is 4.91. The smallest absolute Gasteiger partial charge is 0.312 e. The number of aliphatic hydroxyl groups is 1. The average Bonchev–Trinajstić information content (AvgIpc) is 3.51. The van der Waals surface area contributed by atoms with Gasteiger partial charge in [-0.1, -0.05) is 58.4 Å². The Balaban J connectivity index is 1.78. The standard InChI is InChI=1S/C31H41BrN2O6/c1-6-8-12-16-39-29(38)23-24-27(36)34(21(19-35)17-20-13-10-9-11-14-20)26(31(24)18-22(32)25(23)40-31)28(37)33(15-7-2)30(3,4)5/h6-7,9-11,13-14,21-26,35H,1-2,8,12,15-19H2,3-5H3/t21-,22?,23-,24+,25-,26?,31?/m1/s1. The molecule has 3 heterocycles. The SMILES string of the molecule is C=CCCCOC(=O)[C@H]1[C@@H]2OC3(CC2Br)C(C(=O)N(CC=C)C(C)(C)C)N([C@@H](CO)Cc2ccccc2)C(=O)[C@H]13. The van der Waals surface area contributed by atoms with Gasteiger partial charge in [0.05, 0.1) is 37.2 Å². The van der Waals surface area contributed by atoms with E-state index in [-0.39, 0.29) is 36.4 Å². The highest BCUT2D eigenvalue weighted by molar-refractivity contribution is 9.09. The minimum absolute atomic E-state index is 0.214. The number of carbonyl (C=O) groups excluding carboxylic acids is 3. The first-order chi connectivity index (χ1) is 19.0. The van der Waals surface area contributed by atoms with Crippen molar-refractivity contribution in [2.45, 2.75) is 80.6 Å². The summed E-state index contributed by atoms with van der Waals surface area (Å²) < 4.78 is 12.2. The Labute approximate surface area is 245 Å². The van der Waals surface area contributed by atoms with Crippen LogP contribution in [0.1, 0.15) is 45.6 Å². The molecule has 1 aromatic rings. The van der Waals surface area contributed by atoms with Gasteiger partial charge in [0.1, 0.15) is 11.6 Å². The van der Waals surface area contributed by atoms with E-state index in [9.17, 15) is 19.5 Å². The number of hydrogen-bond acceptors (Lipinski definition) is 6. The van der Waals surface area contributed by atoms with Crippen molar-refractivity contribution in [3.63, 3.8) is 0 Å². The maximum Gasteiger partial charge on any atom is 0.312 e. The second kappa shape index (κ2) is 12.2. The van der Waals surface area contributed by atoms with Crippen LogP contribution in [0, 0.1) is 11.8 Å². The third-order valence-corrected chi connectivity index (χ3v) is 9.18. The summed E-state index contributed by atoms with van der Waals surface area (Å²) in [5, 5.41) is 10.6. The van der Waals surface area contributed by atoms with E-state index in [0.29, 0.717) is 25.7 Å². The molecule has 7 atom stereocenters. The number of hydrogen-bond donors (Lipinski definition) is 1. The Morgan fingerprint density at radius 2 is 1.98 bits per heavy atom. The summed E-state index contributed by atoms with van der Waals surface area (Å²) in [4.78, 5) is 45.4. The number of benzene rings is 1. The zero-order valence-corrected chi connectivity index (χ0v) is 25.2. The number of likely N-dealkylation sites (tertiary alicyclic amines) is 1. The molecule has 0 saturated carbocycles. The topological polar surface area (TPSA) is 96.4 Å². The van der Waals surface area contributed by atoms with E-state index in [1.807, 2.05) is 51.1 Å². The van der Waals surface area contributed by atoms with Gasteiger partial charge in [0.25, 0.3) is 0 Å². The number of rotatable bonds is 12. The molecule has 0 aliphatic carbocycles. The summed E-state index contributed by atoms with van der Waals surface area (Å²) >= 11 is 3.69. The Hall–Kier alpha value is -2.49. The van der Waals surface area contributed by atoms with Gasteiger partial charge >= 0.3 is 5.97 Å². The predicted octanol–water partition coefficient (Wildman–Crippen LogP) is 3.66. The quantitative estimate of drug-likeness (QED) is 0.167. The number of aliphatic hydroxyl groups excluding tert-OH is 1. The molecule has 1 aromatic carbocycles. The van der Waals surface area contributed by atoms with Crippen LogP contribution < -0.4 is 0 Å². The summed E-state index contributed by atoms with van der Waals surface area (Å²) in [5.41, 5.74) is -0.876. The van der Waals surface area contributed by atoms with Crippen LogP contribution in [0.25, 0.3) is 0 Å². The molecule has 0 radical (unpaired) electrons. The molecular weight excluding hydrogens is 576 g/mol. The van der Waals surface area contributed by atoms with Crippen molar-refractivity contribution in [1.82, 2.24) is 9.80 Å². The van der Waals surface area contributed by atoms with Crippen LogP contribution in [0.4, 0.5) is 0 Å². The van der Waals surface area contributed by atoms with Gasteiger partial charge in [0.2, 0.25) is 11.8 Å². The number of nitrogens with zero attached hydrogens (tertiary/aromatic N) is 2. The van der Waals surface area contributed by atoms with Gasteiger partial charge in [-0.3, -0.25) is 14.4 Å². The van der Waals surface area contributed by atoms with Crippen LogP contribution >= 0.6 is 15.9 Å². The average molecular weight is 618 g/mol. The first-order valence-electron chi connectivity index (χ1n) is 14.0. The fourth-order valence-electron chi connectivity index (χ4n) is 6.61. The number of alkyl halides is 1. The number of unbranched alkanes of at least 4 members (excludes halogenated alkanes) is 1. The van der Waals surface area contributed by atoms with E-state index in [1.54, 1.807) is 17.1 Å². The van der Waals surface area contributed by atoms with Crippen LogP contribution in [0.15, 0.2) is 55.6 Å². The third-order valence-electron chi connectivity index (χ3n) is 8.34. The Kier molecular flexibility index (Phi) is 9.27. The molecule has 2 bridgehead atoms. The normalized spacial score (nSPS) is 29.7. The second-order valence-electron chi connectivity index (χ2n) is 11.9. The molecule has 1 N–H and O–H groups in total. The zero-order chi connectivity index (χ0) is 29.2. The lowest BCUT2D eigenvalue weighted by Gasteiger charge is -2.43. The summed E-state index contributed by atoms with van der Waals surface area (Å²) in [6, 6.07) is 7.85. The highest BCUT2D eigenvalue weighted by atomic mass is 79.9. The number of amides is 2. The highest BCUT2D eigenvalue weighted by Gasteiger charge is 2.77. The predicted molar refractivity (Wildman–Crippen MR) is 156 cm³/mol. The number of esters is 1. The van der Waals surface area contributed by atoms with Crippen molar-refractivity contribution in [3.8, 4) is 0 Å². The van der Waals surface area contributed by atoms with E-state index in [1.165, 1.54) is 4.90 Å². The maximum atomic E-state index is 14.5. The lowest BCUT2D eigenvalue weighted by Crippen LogP contribution is -2.62. The maximum absolute atomic E-state index is 14.5. The molecule has 218 valence electrons. The van der Waals surface area contributed by atoms with Gasteiger partial charge in [-0.15, -0.1) is 13.2 Å². The van der Waals surface area contributed by atoms with Crippen molar-refractivity contribution in [3.05, 3.63) is 61.2 Å². The molecule has 9 heteroatoms. The number of allylic oxidation sites excluding steroid dienone is 1. The van der Waals surface area contributed by atoms with Crippen LogP contribution in [0.2, 0.25) is 0 Å². The van der Waals surface area contributed by atoms with Crippen LogP contribution in [-0.2, 0) is 30.3 Å². The number of carbonyl (C=O) groups is 3. The minimum Gasteiger partial charge on any atom is -0.465 e. The van der Waals surface area contributed by atoms with Gasteiger partial charge in [-0.2, -0.15) is 0 Å².